The Balaban J connectivity index is 2.16. The summed E-state index contributed by atoms with van der Waals surface area (Å²) in [5.41, 5.74) is 6.42. The second-order valence-corrected chi connectivity index (χ2v) is 7.55. The summed E-state index contributed by atoms with van der Waals surface area (Å²) in [7, 11) is 0. The van der Waals surface area contributed by atoms with Crippen molar-refractivity contribution in [1.82, 2.24) is 5.32 Å². The second kappa shape index (κ2) is 5.81. The average molecular weight is 315 g/mol. The molecular weight excluding hydrogens is 296 g/mol. The number of fused-ring (bicyclic) bond motifs is 1. The monoisotopic (exact) mass is 314 g/mol. The molecule has 0 fully saturated rings. The van der Waals surface area contributed by atoms with Gasteiger partial charge in [-0.1, -0.05) is 19.1 Å². The van der Waals surface area contributed by atoms with Crippen LogP contribution < -0.4 is 11.1 Å². The summed E-state index contributed by atoms with van der Waals surface area (Å²) >= 11 is 8.56. The van der Waals surface area contributed by atoms with Crippen molar-refractivity contribution in [3.8, 4) is 0 Å². The van der Waals surface area contributed by atoms with E-state index in [0.717, 1.165) is 22.8 Å². The van der Waals surface area contributed by atoms with E-state index in [9.17, 15) is 4.79 Å². The van der Waals surface area contributed by atoms with Crippen LogP contribution in [0.15, 0.2) is 6.07 Å². The van der Waals surface area contributed by atoms with Gasteiger partial charge in [-0.25, -0.2) is 0 Å². The lowest BCUT2D eigenvalue weighted by atomic mass is 9.99. The number of nitrogens with two attached hydrogens (primary N) is 1. The number of thioether (sulfide) groups is 1. The van der Waals surface area contributed by atoms with Gasteiger partial charge < -0.3 is 11.1 Å². The summed E-state index contributed by atoms with van der Waals surface area (Å²) in [6.07, 6.45) is 1.76. The summed E-state index contributed by atoms with van der Waals surface area (Å²) in [6, 6.07) is 2.01. The predicted octanol–water partition coefficient (Wildman–Crippen LogP) is 2.72. The fraction of sp³-hybridized carbons (Fsp3) is 0.538. The number of rotatable bonds is 4. The first-order valence-electron chi connectivity index (χ1n) is 6.28. The van der Waals surface area contributed by atoms with E-state index in [1.54, 1.807) is 11.3 Å². The van der Waals surface area contributed by atoms with Gasteiger partial charge in [0.25, 0.3) is 5.91 Å². The molecule has 2 rings (SSSR count). The van der Waals surface area contributed by atoms with Gasteiger partial charge in [-0.2, -0.15) is 11.8 Å². The maximum absolute atomic E-state index is 12.3. The molecular formula is C13H18N2OS3. The smallest absolute Gasteiger partial charge is 0.262 e. The molecule has 1 atom stereocenters. The third kappa shape index (κ3) is 3.12. The van der Waals surface area contributed by atoms with Crippen LogP contribution in [0.4, 0.5) is 0 Å². The first-order valence-corrected chi connectivity index (χ1v) is 8.66. The van der Waals surface area contributed by atoms with Crippen molar-refractivity contribution in [3.05, 3.63) is 21.4 Å². The van der Waals surface area contributed by atoms with Crippen molar-refractivity contribution in [2.45, 2.75) is 38.0 Å². The zero-order valence-electron chi connectivity index (χ0n) is 11.1. The molecule has 0 saturated heterocycles. The highest BCUT2D eigenvalue weighted by Crippen LogP contribution is 2.31. The highest BCUT2D eigenvalue weighted by atomic mass is 32.2. The average Bonchev–Trinajstić information content (AvgIpc) is 2.82. The van der Waals surface area contributed by atoms with E-state index >= 15 is 0 Å². The molecule has 1 unspecified atom stereocenters. The van der Waals surface area contributed by atoms with Crippen molar-refractivity contribution in [2.24, 2.45) is 5.73 Å². The van der Waals surface area contributed by atoms with Crippen molar-refractivity contribution >= 4 is 46.2 Å². The highest BCUT2D eigenvalue weighted by Gasteiger charge is 2.29. The number of thiophene rings is 1. The van der Waals surface area contributed by atoms with Crippen LogP contribution in [0.3, 0.4) is 0 Å². The SMILES string of the molecule is CCC(C)(NC(=O)c1cc2c(s1)CCSC2)C(N)=S. The molecule has 6 heteroatoms. The predicted molar refractivity (Wildman–Crippen MR) is 87.1 cm³/mol. The van der Waals surface area contributed by atoms with Gasteiger partial charge in [0.2, 0.25) is 0 Å². The molecule has 1 aliphatic rings. The highest BCUT2D eigenvalue weighted by molar-refractivity contribution is 7.98. The standard InChI is InChI=1S/C13H18N2OS3/c1-3-13(2,12(14)17)15-11(16)10-6-8-7-18-5-4-9(8)19-10/h6H,3-5,7H2,1-2H3,(H2,14,17)(H,15,16). The van der Waals surface area contributed by atoms with Gasteiger partial charge in [-0.05, 0) is 37.1 Å². The van der Waals surface area contributed by atoms with Gasteiger partial charge in [-0.15, -0.1) is 11.3 Å². The minimum atomic E-state index is -0.605. The van der Waals surface area contributed by atoms with Crippen LogP contribution in [-0.2, 0) is 12.2 Å². The molecule has 0 bridgehead atoms. The molecule has 1 aromatic heterocycles. The molecule has 3 nitrogen and oxygen atoms in total. The molecule has 0 aliphatic carbocycles. The number of thiocarbonyl (C=S) groups is 1. The molecule has 1 aliphatic heterocycles. The summed E-state index contributed by atoms with van der Waals surface area (Å²) in [6.45, 7) is 3.84. The van der Waals surface area contributed by atoms with Crippen LogP contribution >= 0.6 is 35.3 Å². The molecule has 0 radical (unpaired) electrons. The molecule has 0 aromatic carbocycles. The van der Waals surface area contributed by atoms with Crippen LogP contribution in [0, 0.1) is 0 Å². The van der Waals surface area contributed by atoms with E-state index < -0.39 is 5.54 Å². The van der Waals surface area contributed by atoms with E-state index in [1.807, 2.05) is 31.7 Å². The lowest BCUT2D eigenvalue weighted by Crippen LogP contribution is -2.53. The fourth-order valence-electron chi connectivity index (χ4n) is 1.90. The number of hydrogen-bond donors (Lipinski definition) is 2. The van der Waals surface area contributed by atoms with Crippen molar-refractivity contribution in [3.63, 3.8) is 0 Å². The number of carbonyl (C=O) groups is 1. The van der Waals surface area contributed by atoms with Crippen LogP contribution in [-0.4, -0.2) is 22.2 Å². The molecule has 19 heavy (non-hydrogen) atoms. The van der Waals surface area contributed by atoms with E-state index in [0.29, 0.717) is 11.4 Å². The van der Waals surface area contributed by atoms with Crippen LogP contribution in [0.5, 0.6) is 0 Å². The minimum Gasteiger partial charge on any atom is -0.391 e. The van der Waals surface area contributed by atoms with Gasteiger partial charge in [0.05, 0.1) is 15.4 Å². The first kappa shape index (κ1) is 14.8. The fourth-order valence-corrected chi connectivity index (χ4v) is 4.36. The Morgan fingerprint density at radius 2 is 2.37 bits per heavy atom. The number of hydrogen-bond acceptors (Lipinski definition) is 4. The molecule has 2 heterocycles. The molecule has 0 saturated carbocycles. The van der Waals surface area contributed by atoms with Crippen molar-refractivity contribution in [1.29, 1.82) is 0 Å². The van der Waals surface area contributed by atoms with Gasteiger partial charge in [0.15, 0.2) is 0 Å². The zero-order chi connectivity index (χ0) is 14.0. The summed E-state index contributed by atoms with van der Waals surface area (Å²) < 4.78 is 0. The molecule has 1 amide bonds. The van der Waals surface area contributed by atoms with E-state index in [2.05, 4.69) is 5.32 Å². The molecule has 104 valence electrons. The van der Waals surface area contributed by atoms with Crippen molar-refractivity contribution < 1.29 is 4.79 Å². The second-order valence-electron chi connectivity index (χ2n) is 4.87. The van der Waals surface area contributed by atoms with Crippen LogP contribution in [0.1, 0.15) is 40.4 Å². The number of carbonyl (C=O) groups excluding carboxylic acids is 1. The van der Waals surface area contributed by atoms with E-state index in [4.69, 9.17) is 18.0 Å². The number of nitrogens with one attached hydrogen (secondary N) is 1. The summed E-state index contributed by atoms with van der Waals surface area (Å²) in [4.78, 5) is 14.8. The minimum absolute atomic E-state index is 0.0680. The maximum Gasteiger partial charge on any atom is 0.262 e. The lowest BCUT2D eigenvalue weighted by Gasteiger charge is -2.27. The number of amides is 1. The third-order valence-corrected chi connectivity index (χ3v) is 6.19. The van der Waals surface area contributed by atoms with E-state index in [1.165, 1.54) is 10.4 Å². The van der Waals surface area contributed by atoms with Gasteiger partial charge in [0, 0.05) is 10.6 Å². The Morgan fingerprint density at radius 1 is 1.63 bits per heavy atom. The molecule has 3 N–H and O–H groups in total. The topological polar surface area (TPSA) is 55.1 Å². The maximum atomic E-state index is 12.3. The van der Waals surface area contributed by atoms with Gasteiger partial charge >= 0.3 is 0 Å². The zero-order valence-corrected chi connectivity index (χ0v) is 13.6. The van der Waals surface area contributed by atoms with Crippen LogP contribution in [0.25, 0.3) is 0 Å². The van der Waals surface area contributed by atoms with Crippen LogP contribution in [0.2, 0.25) is 0 Å². The number of aryl methyl sites for hydroxylation is 1. The Labute approximate surface area is 127 Å². The Morgan fingerprint density at radius 3 is 2.95 bits per heavy atom. The third-order valence-electron chi connectivity index (χ3n) is 3.49. The van der Waals surface area contributed by atoms with Gasteiger partial charge in [0.1, 0.15) is 0 Å². The Hall–Kier alpha value is -0.590. The first-order chi connectivity index (χ1) is 8.96. The summed E-state index contributed by atoms with van der Waals surface area (Å²) in [5, 5.41) is 2.97. The summed E-state index contributed by atoms with van der Waals surface area (Å²) in [5.74, 6) is 2.09. The molecule has 1 aromatic rings. The Kier molecular flexibility index (Phi) is 4.53. The van der Waals surface area contributed by atoms with Gasteiger partial charge in [-0.3, -0.25) is 4.79 Å². The van der Waals surface area contributed by atoms with E-state index in [-0.39, 0.29) is 5.91 Å². The Bertz CT molecular complexity index is 488. The quantitative estimate of drug-likeness (QED) is 0.839. The normalized spacial score (nSPS) is 17.4. The lowest BCUT2D eigenvalue weighted by molar-refractivity contribution is 0.0930. The molecule has 0 spiro atoms. The van der Waals surface area contributed by atoms with Crippen molar-refractivity contribution in [2.75, 3.05) is 5.75 Å². The largest absolute Gasteiger partial charge is 0.391 e.